The molecular weight excluding hydrogens is 260 g/mol. The normalized spacial score (nSPS) is 19.8. The molecule has 1 heterocycles. The van der Waals surface area contributed by atoms with Gasteiger partial charge in [0.05, 0.1) is 6.54 Å². The summed E-state index contributed by atoms with van der Waals surface area (Å²) in [5.41, 5.74) is 3.36. The lowest BCUT2D eigenvalue weighted by Crippen LogP contribution is -2.39. The number of para-hydroxylation sites is 1. The Balaban J connectivity index is 2.02. The summed E-state index contributed by atoms with van der Waals surface area (Å²) < 4.78 is 0. The summed E-state index contributed by atoms with van der Waals surface area (Å²) in [5, 5.41) is 3.14. The number of rotatable bonds is 4. The van der Waals surface area contributed by atoms with E-state index in [1.165, 1.54) is 18.4 Å². The molecule has 1 N–H and O–H groups in total. The van der Waals surface area contributed by atoms with Crippen molar-refractivity contribution in [2.45, 2.75) is 46.5 Å². The van der Waals surface area contributed by atoms with Gasteiger partial charge in [0.1, 0.15) is 0 Å². The van der Waals surface area contributed by atoms with Crippen molar-refractivity contribution in [3.05, 3.63) is 29.3 Å². The zero-order valence-electron chi connectivity index (χ0n) is 13.8. The van der Waals surface area contributed by atoms with E-state index in [-0.39, 0.29) is 5.91 Å². The van der Waals surface area contributed by atoms with Crippen molar-refractivity contribution in [2.75, 3.05) is 25.0 Å². The Morgan fingerprint density at radius 1 is 1.43 bits per heavy atom. The van der Waals surface area contributed by atoms with Crippen LogP contribution in [-0.4, -0.2) is 30.4 Å². The Hall–Kier alpha value is -1.35. The van der Waals surface area contributed by atoms with Crippen molar-refractivity contribution in [1.82, 2.24) is 4.90 Å². The van der Waals surface area contributed by atoms with E-state index in [1.807, 2.05) is 0 Å². The molecule has 21 heavy (non-hydrogen) atoms. The highest BCUT2D eigenvalue weighted by Gasteiger charge is 2.19. The molecule has 1 amide bonds. The molecule has 0 spiro atoms. The summed E-state index contributed by atoms with van der Waals surface area (Å²) >= 11 is 0. The number of anilines is 1. The second-order valence-corrected chi connectivity index (χ2v) is 6.72. The van der Waals surface area contributed by atoms with Gasteiger partial charge in [0.2, 0.25) is 5.91 Å². The van der Waals surface area contributed by atoms with E-state index in [4.69, 9.17) is 0 Å². The standard InChI is InChI=1S/C18H28N2O/c1-13(2)16-9-5-8-15(4)18(16)19-17(21)12-20-10-6-7-14(3)11-20/h5,8-9,13-14H,6-7,10-12H2,1-4H3,(H,19,21)/t14-/m0/s1. The van der Waals surface area contributed by atoms with Gasteiger partial charge >= 0.3 is 0 Å². The van der Waals surface area contributed by atoms with E-state index in [1.54, 1.807) is 0 Å². The van der Waals surface area contributed by atoms with Gasteiger partial charge in [-0.15, -0.1) is 0 Å². The Morgan fingerprint density at radius 3 is 2.86 bits per heavy atom. The average Bonchev–Trinajstić information content (AvgIpc) is 2.40. The van der Waals surface area contributed by atoms with Gasteiger partial charge in [0.15, 0.2) is 0 Å². The maximum atomic E-state index is 12.4. The highest BCUT2D eigenvalue weighted by molar-refractivity contribution is 5.93. The van der Waals surface area contributed by atoms with Crippen molar-refractivity contribution >= 4 is 11.6 Å². The summed E-state index contributed by atoms with van der Waals surface area (Å²) in [6.45, 7) is 11.2. The van der Waals surface area contributed by atoms with E-state index >= 15 is 0 Å². The number of likely N-dealkylation sites (tertiary alicyclic amines) is 1. The molecule has 0 aromatic heterocycles. The van der Waals surface area contributed by atoms with E-state index < -0.39 is 0 Å². The van der Waals surface area contributed by atoms with E-state index in [2.05, 4.69) is 56.1 Å². The van der Waals surface area contributed by atoms with Crippen molar-refractivity contribution in [2.24, 2.45) is 5.92 Å². The third-order valence-corrected chi connectivity index (χ3v) is 4.30. The van der Waals surface area contributed by atoms with Crippen LogP contribution in [0.25, 0.3) is 0 Å². The van der Waals surface area contributed by atoms with Crippen LogP contribution in [0.5, 0.6) is 0 Å². The van der Waals surface area contributed by atoms with Crippen LogP contribution < -0.4 is 5.32 Å². The minimum Gasteiger partial charge on any atom is -0.324 e. The van der Waals surface area contributed by atoms with E-state index in [0.29, 0.717) is 18.4 Å². The molecule has 0 unspecified atom stereocenters. The second kappa shape index (κ2) is 7.08. The number of nitrogens with one attached hydrogen (secondary N) is 1. The van der Waals surface area contributed by atoms with Crippen LogP contribution in [0.3, 0.4) is 0 Å². The Bertz CT molecular complexity index is 496. The summed E-state index contributed by atoms with van der Waals surface area (Å²) in [4.78, 5) is 14.6. The second-order valence-electron chi connectivity index (χ2n) is 6.72. The molecule has 0 bridgehead atoms. The summed E-state index contributed by atoms with van der Waals surface area (Å²) in [7, 11) is 0. The first-order valence-electron chi connectivity index (χ1n) is 8.09. The molecule has 0 saturated carbocycles. The third kappa shape index (κ3) is 4.31. The zero-order chi connectivity index (χ0) is 15.4. The number of piperidine rings is 1. The number of hydrogen-bond donors (Lipinski definition) is 1. The molecule has 116 valence electrons. The molecule has 1 aromatic rings. The molecule has 1 fully saturated rings. The van der Waals surface area contributed by atoms with Gasteiger partial charge in [-0.1, -0.05) is 39.0 Å². The van der Waals surface area contributed by atoms with Gasteiger partial charge in [0, 0.05) is 12.2 Å². The topological polar surface area (TPSA) is 32.3 Å². The van der Waals surface area contributed by atoms with Crippen LogP contribution >= 0.6 is 0 Å². The largest absolute Gasteiger partial charge is 0.324 e. The van der Waals surface area contributed by atoms with Crippen LogP contribution in [-0.2, 0) is 4.79 Å². The van der Waals surface area contributed by atoms with Crippen LogP contribution in [0, 0.1) is 12.8 Å². The van der Waals surface area contributed by atoms with Crippen molar-refractivity contribution in [3.8, 4) is 0 Å². The SMILES string of the molecule is Cc1cccc(C(C)C)c1NC(=O)CN1CCC[C@H](C)C1. The molecule has 0 radical (unpaired) electrons. The lowest BCUT2D eigenvalue weighted by atomic mass is 9.98. The predicted octanol–water partition coefficient (Wildman–Crippen LogP) is 3.79. The monoisotopic (exact) mass is 288 g/mol. The number of carbonyl (C=O) groups is 1. The molecule has 2 rings (SSSR count). The Kier molecular flexibility index (Phi) is 5.40. The average molecular weight is 288 g/mol. The summed E-state index contributed by atoms with van der Waals surface area (Å²) in [5.74, 6) is 1.23. The fourth-order valence-corrected chi connectivity index (χ4v) is 3.15. The first-order chi connectivity index (χ1) is 9.97. The molecule has 1 atom stereocenters. The number of hydrogen-bond acceptors (Lipinski definition) is 2. The van der Waals surface area contributed by atoms with Gasteiger partial charge in [-0.25, -0.2) is 0 Å². The first kappa shape index (κ1) is 16.0. The maximum absolute atomic E-state index is 12.4. The van der Waals surface area contributed by atoms with E-state index in [0.717, 1.165) is 24.3 Å². The molecule has 1 aliphatic heterocycles. The van der Waals surface area contributed by atoms with Gasteiger partial charge in [-0.3, -0.25) is 9.69 Å². The predicted molar refractivity (Wildman–Crippen MR) is 88.7 cm³/mol. The minimum atomic E-state index is 0.111. The lowest BCUT2D eigenvalue weighted by molar-refractivity contribution is -0.117. The number of amides is 1. The zero-order valence-corrected chi connectivity index (χ0v) is 13.8. The van der Waals surface area contributed by atoms with Gasteiger partial charge in [0.25, 0.3) is 0 Å². The number of carbonyl (C=O) groups excluding carboxylic acids is 1. The van der Waals surface area contributed by atoms with Crippen LogP contribution in [0.4, 0.5) is 5.69 Å². The molecule has 3 nitrogen and oxygen atoms in total. The fourth-order valence-electron chi connectivity index (χ4n) is 3.15. The van der Waals surface area contributed by atoms with Crippen LogP contribution in [0.2, 0.25) is 0 Å². The molecule has 3 heteroatoms. The van der Waals surface area contributed by atoms with Gasteiger partial charge in [-0.05, 0) is 49.3 Å². The van der Waals surface area contributed by atoms with Crippen LogP contribution in [0.1, 0.15) is 50.7 Å². The fraction of sp³-hybridized carbons (Fsp3) is 0.611. The number of benzene rings is 1. The van der Waals surface area contributed by atoms with E-state index in [9.17, 15) is 4.79 Å². The van der Waals surface area contributed by atoms with Gasteiger partial charge in [-0.2, -0.15) is 0 Å². The Morgan fingerprint density at radius 2 is 2.19 bits per heavy atom. The Labute approximate surface area is 128 Å². The smallest absolute Gasteiger partial charge is 0.238 e. The van der Waals surface area contributed by atoms with Crippen molar-refractivity contribution < 1.29 is 4.79 Å². The molecule has 0 aliphatic carbocycles. The third-order valence-electron chi connectivity index (χ3n) is 4.30. The quantitative estimate of drug-likeness (QED) is 0.914. The molecule has 1 aromatic carbocycles. The van der Waals surface area contributed by atoms with Crippen molar-refractivity contribution in [3.63, 3.8) is 0 Å². The maximum Gasteiger partial charge on any atom is 0.238 e. The van der Waals surface area contributed by atoms with Gasteiger partial charge < -0.3 is 5.32 Å². The minimum absolute atomic E-state index is 0.111. The molecule has 1 saturated heterocycles. The highest BCUT2D eigenvalue weighted by atomic mass is 16.2. The lowest BCUT2D eigenvalue weighted by Gasteiger charge is -2.30. The summed E-state index contributed by atoms with van der Waals surface area (Å²) in [6.07, 6.45) is 2.49. The summed E-state index contributed by atoms with van der Waals surface area (Å²) in [6, 6.07) is 6.23. The number of aryl methyl sites for hydroxylation is 1. The molecular formula is C18H28N2O. The van der Waals surface area contributed by atoms with Crippen molar-refractivity contribution in [1.29, 1.82) is 0 Å². The first-order valence-corrected chi connectivity index (χ1v) is 8.09. The van der Waals surface area contributed by atoms with Crippen LogP contribution in [0.15, 0.2) is 18.2 Å². The number of nitrogens with zero attached hydrogens (tertiary/aromatic N) is 1. The molecule has 1 aliphatic rings. The highest BCUT2D eigenvalue weighted by Crippen LogP contribution is 2.27.